The number of benzene rings is 2. The highest BCUT2D eigenvalue weighted by Crippen LogP contribution is 2.29. The first-order chi connectivity index (χ1) is 10.7. The molecule has 0 aliphatic rings. The van der Waals surface area contributed by atoms with Gasteiger partial charge in [-0.25, -0.2) is 4.39 Å². The molecule has 112 valence electrons. The average Bonchev–Trinajstić information content (AvgIpc) is 2.83. The molecule has 5 heteroatoms. The molecule has 0 bridgehead atoms. The summed E-state index contributed by atoms with van der Waals surface area (Å²) in [5.41, 5.74) is 1.99. The zero-order valence-corrected chi connectivity index (χ0v) is 12.4. The molecule has 2 aromatic carbocycles. The van der Waals surface area contributed by atoms with Crippen molar-refractivity contribution in [3.63, 3.8) is 0 Å². The second-order valence-electron chi connectivity index (χ2n) is 4.85. The molecular weight excluding hydrogens is 281 g/mol. The van der Waals surface area contributed by atoms with Gasteiger partial charge in [-0.3, -0.25) is 4.68 Å². The van der Waals surface area contributed by atoms with E-state index in [1.807, 2.05) is 42.5 Å². The van der Waals surface area contributed by atoms with E-state index in [0.717, 1.165) is 17.0 Å². The van der Waals surface area contributed by atoms with Crippen molar-refractivity contribution in [3.8, 4) is 17.0 Å². The van der Waals surface area contributed by atoms with Crippen molar-refractivity contribution in [3.05, 3.63) is 60.4 Å². The van der Waals surface area contributed by atoms with Crippen LogP contribution >= 0.6 is 0 Å². The maximum atomic E-state index is 14.6. The summed E-state index contributed by atoms with van der Waals surface area (Å²) < 4.78 is 21.3. The van der Waals surface area contributed by atoms with Crippen LogP contribution in [0.1, 0.15) is 0 Å². The Bertz CT molecular complexity index is 767. The number of anilines is 2. The van der Waals surface area contributed by atoms with Gasteiger partial charge in [0.05, 0.1) is 7.11 Å². The third-order valence-corrected chi connectivity index (χ3v) is 3.39. The fraction of sp³-hybridized carbons (Fsp3) is 0.118. The molecule has 0 atom stereocenters. The summed E-state index contributed by atoms with van der Waals surface area (Å²) >= 11 is 0. The fourth-order valence-corrected chi connectivity index (χ4v) is 2.30. The van der Waals surface area contributed by atoms with Gasteiger partial charge >= 0.3 is 0 Å². The van der Waals surface area contributed by atoms with Crippen molar-refractivity contribution in [2.24, 2.45) is 7.05 Å². The Morgan fingerprint density at radius 1 is 1.05 bits per heavy atom. The smallest absolute Gasteiger partial charge is 0.193 e. The molecule has 0 saturated carbocycles. The summed E-state index contributed by atoms with van der Waals surface area (Å²) in [6.07, 6.45) is 0. The molecule has 0 aliphatic carbocycles. The number of aryl methyl sites for hydroxylation is 1. The van der Waals surface area contributed by atoms with Crippen molar-refractivity contribution in [1.29, 1.82) is 0 Å². The predicted octanol–water partition coefficient (Wildman–Crippen LogP) is 3.98. The maximum absolute atomic E-state index is 14.6. The van der Waals surface area contributed by atoms with Crippen LogP contribution in [0.15, 0.2) is 54.6 Å². The first-order valence-corrected chi connectivity index (χ1v) is 6.88. The first kappa shape index (κ1) is 14.1. The van der Waals surface area contributed by atoms with E-state index < -0.39 is 0 Å². The molecule has 0 spiro atoms. The van der Waals surface area contributed by atoms with E-state index >= 15 is 0 Å². The van der Waals surface area contributed by atoms with Gasteiger partial charge in [0.15, 0.2) is 11.6 Å². The molecule has 1 aromatic heterocycles. The number of ether oxygens (including phenoxy) is 1. The highest BCUT2D eigenvalue weighted by molar-refractivity contribution is 5.67. The molecule has 22 heavy (non-hydrogen) atoms. The third-order valence-electron chi connectivity index (χ3n) is 3.39. The van der Waals surface area contributed by atoms with Crippen molar-refractivity contribution in [2.75, 3.05) is 12.4 Å². The lowest BCUT2D eigenvalue weighted by atomic mass is 10.1. The maximum Gasteiger partial charge on any atom is 0.193 e. The number of methoxy groups -OCH3 is 1. The van der Waals surface area contributed by atoms with Gasteiger partial charge in [0, 0.05) is 18.3 Å². The highest BCUT2D eigenvalue weighted by Gasteiger charge is 2.17. The van der Waals surface area contributed by atoms with Crippen LogP contribution in [0, 0.1) is 5.82 Å². The third kappa shape index (κ3) is 2.65. The molecule has 0 unspecified atom stereocenters. The van der Waals surface area contributed by atoms with E-state index in [-0.39, 0.29) is 11.6 Å². The SMILES string of the molecule is COc1ccc(Nc2nn(C)c(-c3ccccc3)c2F)cc1. The zero-order valence-electron chi connectivity index (χ0n) is 12.4. The van der Waals surface area contributed by atoms with Crippen molar-refractivity contribution >= 4 is 11.5 Å². The Labute approximate surface area is 128 Å². The Kier molecular flexibility index (Phi) is 3.78. The summed E-state index contributed by atoms with van der Waals surface area (Å²) in [5, 5.41) is 7.22. The van der Waals surface area contributed by atoms with Crippen LogP contribution in [0.25, 0.3) is 11.3 Å². The number of hydrogen-bond donors (Lipinski definition) is 1. The number of nitrogens with zero attached hydrogens (tertiary/aromatic N) is 2. The minimum absolute atomic E-state index is 0.200. The van der Waals surface area contributed by atoms with E-state index in [1.54, 1.807) is 26.3 Å². The van der Waals surface area contributed by atoms with Gasteiger partial charge < -0.3 is 10.1 Å². The van der Waals surface area contributed by atoms with Crippen LogP contribution < -0.4 is 10.1 Å². The molecule has 0 aliphatic heterocycles. The number of halogens is 1. The van der Waals surface area contributed by atoms with Gasteiger partial charge in [0.25, 0.3) is 0 Å². The molecule has 1 heterocycles. The van der Waals surface area contributed by atoms with Crippen molar-refractivity contribution in [1.82, 2.24) is 9.78 Å². The van der Waals surface area contributed by atoms with Gasteiger partial charge in [-0.05, 0) is 24.3 Å². The Balaban J connectivity index is 1.92. The van der Waals surface area contributed by atoms with Crippen LogP contribution in [0.4, 0.5) is 15.9 Å². The Morgan fingerprint density at radius 2 is 1.73 bits per heavy atom. The van der Waals surface area contributed by atoms with E-state index in [2.05, 4.69) is 10.4 Å². The fourth-order valence-electron chi connectivity index (χ4n) is 2.30. The van der Waals surface area contributed by atoms with Crippen LogP contribution in [0.2, 0.25) is 0 Å². The lowest BCUT2D eigenvalue weighted by molar-refractivity contribution is 0.415. The highest BCUT2D eigenvalue weighted by atomic mass is 19.1. The number of nitrogens with one attached hydrogen (secondary N) is 1. The molecule has 0 saturated heterocycles. The molecule has 0 amide bonds. The summed E-state index contributed by atoms with van der Waals surface area (Å²) in [6, 6.07) is 16.6. The molecule has 4 nitrogen and oxygen atoms in total. The molecular formula is C17H16FN3O. The minimum atomic E-state index is -0.371. The molecule has 0 fully saturated rings. The summed E-state index contributed by atoms with van der Waals surface area (Å²) in [6.45, 7) is 0. The Morgan fingerprint density at radius 3 is 2.36 bits per heavy atom. The lowest BCUT2D eigenvalue weighted by Gasteiger charge is -2.04. The van der Waals surface area contributed by atoms with E-state index in [1.165, 1.54) is 4.68 Å². The largest absolute Gasteiger partial charge is 0.497 e. The topological polar surface area (TPSA) is 39.1 Å². The van der Waals surface area contributed by atoms with Gasteiger partial charge in [0.2, 0.25) is 0 Å². The summed E-state index contributed by atoms with van der Waals surface area (Å²) in [7, 11) is 3.33. The van der Waals surface area contributed by atoms with E-state index in [0.29, 0.717) is 5.69 Å². The molecule has 3 aromatic rings. The van der Waals surface area contributed by atoms with Crippen molar-refractivity contribution < 1.29 is 9.13 Å². The minimum Gasteiger partial charge on any atom is -0.497 e. The first-order valence-electron chi connectivity index (χ1n) is 6.88. The van der Waals surface area contributed by atoms with Crippen molar-refractivity contribution in [2.45, 2.75) is 0 Å². The number of rotatable bonds is 4. The van der Waals surface area contributed by atoms with Crippen LogP contribution in [0.5, 0.6) is 5.75 Å². The van der Waals surface area contributed by atoms with E-state index in [9.17, 15) is 4.39 Å². The summed E-state index contributed by atoms with van der Waals surface area (Å²) in [4.78, 5) is 0. The standard InChI is InChI=1S/C17H16FN3O/c1-21-16(12-6-4-3-5-7-12)15(18)17(20-21)19-13-8-10-14(22-2)11-9-13/h3-11H,1-2H3,(H,19,20). The second-order valence-corrected chi connectivity index (χ2v) is 4.85. The molecule has 1 N–H and O–H groups in total. The summed E-state index contributed by atoms with van der Waals surface area (Å²) in [5.74, 6) is 0.577. The van der Waals surface area contributed by atoms with Gasteiger partial charge in [-0.2, -0.15) is 5.10 Å². The Hall–Kier alpha value is -2.82. The van der Waals surface area contributed by atoms with E-state index in [4.69, 9.17) is 4.74 Å². The van der Waals surface area contributed by atoms with Crippen LogP contribution in [0.3, 0.4) is 0 Å². The zero-order chi connectivity index (χ0) is 15.5. The van der Waals surface area contributed by atoms with Gasteiger partial charge in [-0.1, -0.05) is 30.3 Å². The van der Waals surface area contributed by atoms with Crippen LogP contribution in [-0.4, -0.2) is 16.9 Å². The second kappa shape index (κ2) is 5.89. The monoisotopic (exact) mass is 297 g/mol. The number of aromatic nitrogens is 2. The average molecular weight is 297 g/mol. The van der Waals surface area contributed by atoms with Crippen LogP contribution in [-0.2, 0) is 7.05 Å². The lowest BCUT2D eigenvalue weighted by Crippen LogP contribution is -1.95. The molecule has 3 rings (SSSR count). The molecule has 0 radical (unpaired) electrons. The number of hydrogen-bond acceptors (Lipinski definition) is 3. The van der Waals surface area contributed by atoms with Gasteiger partial charge in [0.1, 0.15) is 11.4 Å². The van der Waals surface area contributed by atoms with Gasteiger partial charge in [-0.15, -0.1) is 0 Å². The predicted molar refractivity (Wildman–Crippen MR) is 84.9 cm³/mol. The quantitative estimate of drug-likeness (QED) is 0.791. The normalized spacial score (nSPS) is 10.5.